The number of rotatable bonds is 5. The molecule has 0 saturated carbocycles. The first-order chi connectivity index (χ1) is 13.1. The molecule has 3 aromatic carbocycles. The van der Waals surface area contributed by atoms with E-state index in [4.69, 9.17) is 0 Å². The number of benzene rings is 3. The van der Waals surface area contributed by atoms with Gasteiger partial charge in [-0.2, -0.15) is 0 Å². The summed E-state index contributed by atoms with van der Waals surface area (Å²) in [6, 6.07) is 24.4. The van der Waals surface area contributed by atoms with E-state index in [0.29, 0.717) is 5.69 Å². The molecular formula is C22H20N2O3. The third-order valence-corrected chi connectivity index (χ3v) is 4.24. The fourth-order valence-electron chi connectivity index (χ4n) is 3.08. The minimum absolute atomic E-state index is 0.135. The Balaban J connectivity index is 2.01. The SMILES string of the molecule is CC(=O)Nc1cccc(-c2cccc(C(C(=O)NO)c3ccccc3)c2)c1. The van der Waals surface area contributed by atoms with Crippen molar-refractivity contribution in [3.05, 3.63) is 90.0 Å². The molecule has 0 bridgehead atoms. The lowest BCUT2D eigenvalue weighted by Gasteiger charge is -2.17. The highest BCUT2D eigenvalue weighted by atomic mass is 16.5. The molecule has 1 unspecified atom stereocenters. The van der Waals surface area contributed by atoms with E-state index in [1.807, 2.05) is 78.9 Å². The van der Waals surface area contributed by atoms with Crippen molar-refractivity contribution in [2.45, 2.75) is 12.8 Å². The fourth-order valence-corrected chi connectivity index (χ4v) is 3.08. The van der Waals surface area contributed by atoms with Crippen LogP contribution in [0.2, 0.25) is 0 Å². The summed E-state index contributed by atoms with van der Waals surface area (Å²) in [6.07, 6.45) is 0. The van der Waals surface area contributed by atoms with Gasteiger partial charge in [-0.25, -0.2) is 5.48 Å². The number of carbonyl (C=O) groups is 2. The monoisotopic (exact) mass is 360 g/mol. The van der Waals surface area contributed by atoms with Crippen LogP contribution < -0.4 is 10.8 Å². The molecule has 2 amide bonds. The molecule has 5 heteroatoms. The van der Waals surface area contributed by atoms with Gasteiger partial charge < -0.3 is 5.32 Å². The van der Waals surface area contributed by atoms with E-state index < -0.39 is 11.8 Å². The zero-order chi connectivity index (χ0) is 19.2. The number of anilines is 1. The van der Waals surface area contributed by atoms with Crippen LogP contribution in [0.25, 0.3) is 11.1 Å². The van der Waals surface area contributed by atoms with Gasteiger partial charge in [0.1, 0.15) is 0 Å². The number of hydrogen-bond acceptors (Lipinski definition) is 3. The van der Waals surface area contributed by atoms with Gasteiger partial charge in [0.2, 0.25) is 5.91 Å². The van der Waals surface area contributed by atoms with Crippen molar-refractivity contribution < 1.29 is 14.8 Å². The predicted octanol–water partition coefficient (Wildman–Crippen LogP) is 3.95. The van der Waals surface area contributed by atoms with Gasteiger partial charge in [0.05, 0.1) is 5.92 Å². The average molecular weight is 360 g/mol. The molecule has 0 radical (unpaired) electrons. The predicted molar refractivity (Wildman–Crippen MR) is 104 cm³/mol. The summed E-state index contributed by atoms with van der Waals surface area (Å²) in [5, 5.41) is 12.0. The summed E-state index contributed by atoms with van der Waals surface area (Å²) in [5.74, 6) is -1.26. The molecule has 27 heavy (non-hydrogen) atoms. The average Bonchev–Trinajstić information content (AvgIpc) is 2.69. The van der Waals surface area contributed by atoms with Gasteiger partial charge >= 0.3 is 0 Å². The number of hydroxylamine groups is 1. The van der Waals surface area contributed by atoms with Gasteiger partial charge in [0.25, 0.3) is 5.91 Å². The quantitative estimate of drug-likeness (QED) is 0.476. The van der Waals surface area contributed by atoms with E-state index in [0.717, 1.165) is 22.3 Å². The maximum atomic E-state index is 12.3. The van der Waals surface area contributed by atoms with Crippen molar-refractivity contribution in [2.24, 2.45) is 0 Å². The topological polar surface area (TPSA) is 78.4 Å². The second-order valence-corrected chi connectivity index (χ2v) is 6.21. The van der Waals surface area contributed by atoms with Crippen LogP contribution in [0.5, 0.6) is 0 Å². The first kappa shape index (κ1) is 18.4. The molecule has 0 aliphatic rings. The highest BCUT2D eigenvalue weighted by Gasteiger charge is 2.22. The molecule has 0 aliphatic carbocycles. The number of hydrogen-bond donors (Lipinski definition) is 3. The van der Waals surface area contributed by atoms with Crippen LogP contribution in [0.3, 0.4) is 0 Å². The van der Waals surface area contributed by atoms with Crippen molar-refractivity contribution in [1.29, 1.82) is 0 Å². The van der Waals surface area contributed by atoms with Gasteiger partial charge in [-0.1, -0.05) is 66.7 Å². The van der Waals surface area contributed by atoms with Gasteiger partial charge in [-0.15, -0.1) is 0 Å². The van der Waals surface area contributed by atoms with Crippen LogP contribution in [0, 0.1) is 0 Å². The van der Waals surface area contributed by atoms with Gasteiger partial charge in [0, 0.05) is 12.6 Å². The molecule has 0 aliphatic heterocycles. The normalized spacial score (nSPS) is 11.5. The number of nitrogens with one attached hydrogen (secondary N) is 2. The van der Waals surface area contributed by atoms with E-state index in [1.54, 1.807) is 5.48 Å². The number of carbonyl (C=O) groups excluding carboxylic acids is 2. The fraction of sp³-hybridized carbons (Fsp3) is 0.0909. The molecule has 0 saturated heterocycles. The Labute approximate surface area is 157 Å². The summed E-state index contributed by atoms with van der Waals surface area (Å²) >= 11 is 0. The van der Waals surface area contributed by atoms with Gasteiger partial charge in [-0.3, -0.25) is 14.8 Å². The molecule has 5 nitrogen and oxygen atoms in total. The Bertz CT molecular complexity index is 955. The lowest BCUT2D eigenvalue weighted by Crippen LogP contribution is -2.27. The highest BCUT2D eigenvalue weighted by molar-refractivity contribution is 5.90. The molecule has 0 spiro atoms. The van der Waals surface area contributed by atoms with E-state index in [1.165, 1.54) is 6.92 Å². The summed E-state index contributed by atoms with van der Waals surface area (Å²) in [6.45, 7) is 1.46. The van der Waals surface area contributed by atoms with E-state index in [9.17, 15) is 14.8 Å². The zero-order valence-electron chi connectivity index (χ0n) is 14.8. The third-order valence-electron chi connectivity index (χ3n) is 4.24. The Morgan fingerprint density at radius 3 is 2.11 bits per heavy atom. The largest absolute Gasteiger partial charge is 0.326 e. The second kappa shape index (κ2) is 8.29. The first-order valence-corrected chi connectivity index (χ1v) is 8.55. The minimum atomic E-state index is -0.630. The smallest absolute Gasteiger partial charge is 0.255 e. The molecule has 0 fully saturated rings. The molecule has 0 aromatic heterocycles. The minimum Gasteiger partial charge on any atom is -0.326 e. The summed E-state index contributed by atoms with van der Waals surface area (Å²) in [7, 11) is 0. The molecule has 0 heterocycles. The van der Waals surface area contributed by atoms with E-state index in [2.05, 4.69) is 5.32 Å². The lowest BCUT2D eigenvalue weighted by atomic mass is 9.89. The van der Waals surface area contributed by atoms with Crippen molar-refractivity contribution in [3.8, 4) is 11.1 Å². The zero-order valence-corrected chi connectivity index (χ0v) is 14.8. The van der Waals surface area contributed by atoms with Crippen molar-refractivity contribution in [1.82, 2.24) is 5.48 Å². The Kier molecular flexibility index (Phi) is 5.64. The van der Waals surface area contributed by atoms with Gasteiger partial charge in [-0.05, 0) is 34.4 Å². The van der Waals surface area contributed by atoms with Crippen LogP contribution in [0.4, 0.5) is 5.69 Å². The van der Waals surface area contributed by atoms with Crippen molar-refractivity contribution in [2.75, 3.05) is 5.32 Å². The molecule has 3 aromatic rings. The summed E-state index contributed by atoms with van der Waals surface area (Å²) < 4.78 is 0. The molecule has 136 valence electrons. The van der Waals surface area contributed by atoms with Crippen molar-refractivity contribution in [3.63, 3.8) is 0 Å². The van der Waals surface area contributed by atoms with Crippen LogP contribution in [0.15, 0.2) is 78.9 Å². The second-order valence-electron chi connectivity index (χ2n) is 6.21. The highest BCUT2D eigenvalue weighted by Crippen LogP contribution is 2.30. The van der Waals surface area contributed by atoms with Crippen LogP contribution in [0.1, 0.15) is 24.0 Å². The molecule has 1 atom stereocenters. The Hall–Kier alpha value is -3.44. The standard InChI is InChI=1S/C22H20N2O3/c1-15(25)23-20-12-6-10-18(14-20)17-9-5-11-19(13-17)21(22(26)24-27)16-7-3-2-4-8-16/h2-14,21,27H,1H3,(H,23,25)(H,24,26). The Morgan fingerprint density at radius 2 is 1.44 bits per heavy atom. The van der Waals surface area contributed by atoms with Gasteiger partial charge in [0.15, 0.2) is 0 Å². The summed E-state index contributed by atoms with van der Waals surface area (Å²) in [5.41, 5.74) is 5.84. The summed E-state index contributed by atoms with van der Waals surface area (Å²) in [4.78, 5) is 23.6. The van der Waals surface area contributed by atoms with Crippen LogP contribution >= 0.6 is 0 Å². The first-order valence-electron chi connectivity index (χ1n) is 8.55. The molecular weight excluding hydrogens is 340 g/mol. The lowest BCUT2D eigenvalue weighted by molar-refractivity contribution is -0.129. The van der Waals surface area contributed by atoms with E-state index in [-0.39, 0.29) is 5.91 Å². The van der Waals surface area contributed by atoms with E-state index >= 15 is 0 Å². The van der Waals surface area contributed by atoms with Crippen molar-refractivity contribution >= 4 is 17.5 Å². The van der Waals surface area contributed by atoms with Crippen LogP contribution in [-0.4, -0.2) is 17.0 Å². The maximum Gasteiger partial charge on any atom is 0.255 e. The van der Waals surface area contributed by atoms with Crippen LogP contribution in [-0.2, 0) is 9.59 Å². The number of amides is 2. The maximum absolute atomic E-state index is 12.3. The third kappa shape index (κ3) is 4.40. The Morgan fingerprint density at radius 1 is 0.815 bits per heavy atom. The molecule has 3 rings (SSSR count). The molecule has 3 N–H and O–H groups in total.